The maximum Gasteiger partial charge on any atom is 0.253 e. The molecule has 19 heavy (non-hydrogen) atoms. The van der Waals surface area contributed by atoms with Gasteiger partial charge in [-0.15, -0.1) is 0 Å². The fourth-order valence-electron chi connectivity index (χ4n) is 2.51. The number of benzene rings is 1. The summed E-state index contributed by atoms with van der Waals surface area (Å²) in [5, 5.41) is 8.76. The average Bonchev–Trinajstić information content (AvgIpc) is 2.46. The van der Waals surface area contributed by atoms with Crippen LogP contribution in [0.5, 0.6) is 0 Å². The zero-order valence-corrected chi connectivity index (χ0v) is 11.5. The number of nitriles is 1. The molecule has 0 radical (unpaired) electrons. The number of hydrogen-bond acceptors (Lipinski definition) is 3. The van der Waals surface area contributed by atoms with E-state index in [1.165, 1.54) is 0 Å². The lowest BCUT2D eigenvalue weighted by Crippen LogP contribution is -2.47. The molecule has 0 spiro atoms. The van der Waals surface area contributed by atoms with Crippen LogP contribution in [0.4, 0.5) is 0 Å². The van der Waals surface area contributed by atoms with Crippen molar-refractivity contribution in [3.05, 3.63) is 35.4 Å². The van der Waals surface area contributed by atoms with E-state index < -0.39 is 0 Å². The minimum atomic E-state index is 0.0322. The van der Waals surface area contributed by atoms with E-state index in [9.17, 15) is 4.79 Å². The van der Waals surface area contributed by atoms with Gasteiger partial charge in [-0.2, -0.15) is 5.26 Å². The van der Waals surface area contributed by atoms with Crippen molar-refractivity contribution in [2.45, 2.75) is 18.9 Å². The van der Waals surface area contributed by atoms with Crippen LogP contribution in [0.1, 0.15) is 28.8 Å². The zero-order chi connectivity index (χ0) is 13.8. The van der Waals surface area contributed by atoms with E-state index in [4.69, 9.17) is 5.26 Å². The summed E-state index contributed by atoms with van der Waals surface area (Å²) in [6.45, 7) is 2.04. The molecule has 1 fully saturated rings. The lowest BCUT2D eigenvalue weighted by Gasteiger charge is -2.35. The van der Waals surface area contributed by atoms with E-state index in [0.717, 1.165) is 25.9 Å². The molecule has 0 aromatic heterocycles. The van der Waals surface area contributed by atoms with Crippen LogP contribution in [0.25, 0.3) is 0 Å². The monoisotopic (exact) mass is 257 g/mol. The van der Waals surface area contributed by atoms with E-state index in [1.807, 2.05) is 11.9 Å². The highest BCUT2D eigenvalue weighted by Crippen LogP contribution is 2.16. The van der Waals surface area contributed by atoms with Crippen LogP contribution in [0.15, 0.2) is 24.3 Å². The van der Waals surface area contributed by atoms with Gasteiger partial charge in [0.15, 0.2) is 0 Å². The number of rotatable bonds is 2. The van der Waals surface area contributed by atoms with Crippen LogP contribution < -0.4 is 0 Å². The Morgan fingerprint density at radius 3 is 2.68 bits per heavy atom. The van der Waals surface area contributed by atoms with E-state index in [2.05, 4.69) is 18.0 Å². The van der Waals surface area contributed by atoms with E-state index in [0.29, 0.717) is 11.1 Å². The van der Waals surface area contributed by atoms with Gasteiger partial charge in [-0.05, 0) is 50.7 Å². The van der Waals surface area contributed by atoms with Gasteiger partial charge in [-0.25, -0.2) is 0 Å². The topological polar surface area (TPSA) is 47.3 Å². The Morgan fingerprint density at radius 2 is 2.11 bits per heavy atom. The number of hydrogen-bond donors (Lipinski definition) is 0. The largest absolute Gasteiger partial charge is 0.337 e. The molecule has 1 atom stereocenters. The van der Waals surface area contributed by atoms with Crippen molar-refractivity contribution in [3.8, 4) is 6.07 Å². The Bertz CT molecular complexity index is 489. The van der Waals surface area contributed by atoms with Crippen molar-refractivity contribution < 1.29 is 4.79 Å². The summed E-state index contributed by atoms with van der Waals surface area (Å²) in [6, 6.07) is 9.17. The number of carbonyl (C=O) groups excluding carboxylic acids is 1. The Kier molecular flexibility index (Phi) is 4.18. The second-order valence-electron chi connectivity index (χ2n) is 5.16. The average molecular weight is 257 g/mol. The normalized spacial score (nSPS) is 19.7. The number of carbonyl (C=O) groups is 1. The fourth-order valence-corrected chi connectivity index (χ4v) is 2.51. The van der Waals surface area contributed by atoms with Crippen LogP contribution in [0, 0.1) is 11.3 Å². The van der Waals surface area contributed by atoms with Crippen molar-refractivity contribution in [1.82, 2.24) is 9.80 Å². The number of likely N-dealkylation sites (tertiary alicyclic amines) is 1. The molecule has 2 rings (SSSR count). The smallest absolute Gasteiger partial charge is 0.253 e. The van der Waals surface area contributed by atoms with Crippen molar-refractivity contribution in [3.63, 3.8) is 0 Å². The third-order valence-corrected chi connectivity index (χ3v) is 3.73. The van der Waals surface area contributed by atoms with Gasteiger partial charge in [0.1, 0.15) is 0 Å². The molecule has 1 aromatic rings. The molecule has 1 aliphatic heterocycles. The first-order valence-electron chi connectivity index (χ1n) is 6.57. The molecule has 0 bridgehead atoms. The second-order valence-corrected chi connectivity index (χ2v) is 5.16. The van der Waals surface area contributed by atoms with Crippen molar-refractivity contribution in [2.75, 3.05) is 27.2 Å². The summed E-state index contributed by atoms with van der Waals surface area (Å²) in [4.78, 5) is 16.5. The first kappa shape index (κ1) is 13.6. The number of amides is 1. The van der Waals surface area contributed by atoms with Gasteiger partial charge >= 0.3 is 0 Å². The Hall–Kier alpha value is -1.86. The lowest BCUT2D eigenvalue weighted by atomic mass is 10.0. The summed E-state index contributed by atoms with van der Waals surface area (Å²) in [5.41, 5.74) is 1.23. The predicted octanol–water partition coefficient (Wildman–Crippen LogP) is 1.72. The summed E-state index contributed by atoms with van der Waals surface area (Å²) in [7, 11) is 3.95. The maximum atomic E-state index is 12.4. The summed E-state index contributed by atoms with van der Waals surface area (Å²) >= 11 is 0. The molecular weight excluding hydrogens is 238 g/mol. The number of piperidine rings is 1. The second kappa shape index (κ2) is 5.85. The SMILES string of the molecule is CN1CCCC(N(C)C(=O)c2ccc(C#N)cc2)C1. The maximum absolute atomic E-state index is 12.4. The van der Waals surface area contributed by atoms with E-state index in [1.54, 1.807) is 24.3 Å². The third kappa shape index (κ3) is 3.12. The van der Waals surface area contributed by atoms with Crippen molar-refractivity contribution in [1.29, 1.82) is 5.26 Å². The van der Waals surface area contributed by atoms with E-state index in [-0.39, 0.29) is 11.9 Å². The Balaban J connectivity index is 2.07. The molecule has 4 heteroatoms. The van der Waals surface area contributed by atoms with Gasteiger partial charge in [0.05, 0.1) is 11.6 Å². The number of nitrogens with zero attached hydrogens (tertiary/aromatic N) is 3. The highest BCUT2D eigenvalue weighted by Gasteiger charge is 2.24. The molecule has 4 nitrogen and oxygen atoms in total. The Labute approximate surface area is 114 Å². The first-order valence-corrected chi connectivity index (χ1v) is 6.57. The first-order chi connectivity index (χ1) is 9.11. The molecule has 100 valence electrons. The summed E-state index contributed by atoms with van der Waals surface area (Å²) in [5.74, 6) is 0.0322. The van der Waals surface area contributed by atoms with Gasteiger partial charge < -0.3 is 9.80 Å². The van der Waals surface area contributed by atoms with Gasteiger partial charge in [-0.3, -0.25) is 4.79 Å². The Morgan fingerprint density at radius 1 is 1.42 bits per heavy atom. The molecule has 1 heterocycles. The van der Waals surface area contributed by atoms with Gasteiger partial charge in [-0.1, -0.05) is 0 Å². The zero-order valence-electron chi connectivity index (χ0n) is 11.5. The molecule has 1 aromatic carbocycles. The molecule has 1 amide bonds. The van der Waals surface area contributed by atoms with Crippen LogP contribution in [0.3, 0.4) is 0 Å². The van der Waals surface area contributed by atoms with Crippen LogP contribution in [-0.4, -0.2) is 48.9 Å². The standard InChI is InChI=1S/C15H19N3O/c1-17-9-3-4-14(11-17)18(2)15(19)13-7-5-12(10-16)6-8-13/h5-8,14H,3-4,9,11H2,1-2H3. The van der Waals surface area contributed by atoms with Crippen LogP contribution in [0.2, 0.25) is 0 Å². The van der Waals surface area contributed by atoms with Crippen LogP contribution >= 0.6 is 0 Å². The molecule has 0 N–H and O–H groups in total. The third-order valence-electron chi connectivity index (χ3n) is 3.73. The lowest BCUT2D eigenvalue weighted by molar-refractivity contribution is 0.0644. The molecule has 0 saturated carbocycles. The molecule has 0 aliphatic carbocycles. The predicted molar refractivity (Wildman–Crippen MR) is 73.8 cm³/mol. The number of likely N-dealkylation sites (N-methyl/N-ethyl adjacent to an activating group) is 2. The van der Waals surface area contributed by atoms with Crippen molar-refractivity contribution >= 4 is 5.91 Å². The molecular formula is C15H19N3O. The highest BCUT2D eigenvalue weighted by molar-refractivity contribution is 5.94. The molecule has 1 aliphatic rings. The quantitative estimate of drug-likeness (QED) is 0.810. The molecule has 1 unspecified atom stereocenters. The highest BCUT2D eigenvalue weighted by atomic mass is 16.2. The minimum Gasteiger partial charge on any atom is -0.337 e. The fraction of sp³-hybridized carbons (Fsp3) is 0.467. The van der Waals surface area contributed by atoms with Gasteiger partial charge in [0, 0.05) is 25.2 Å². The van der Waals surface area contributed by atoms with Gasteiger partial charge in [0.25, 0.3) is 5.91 Å². The molecule has 1 saturated heterocycles. The summed E-state index contributed by atoms with van der Waals surface area (Å²) < 4.78 is 0. The van der Waals surface area contributed by atoms with Crippen LogP contribution in [-0.2, 0) is 0 Å². The van der Waals surface area contributed by atoms with Crippen molar-refractivity contribution in [2.24, 2.45) is 0 Å². The van der Waals surface area contributed by atoms with Gasteiger partial charge in [0.2, 0.25) is 0 Å². The van der Waals surface area contributed by atoms with E-state index >= 15 is 0 Å². The summed E-state index contributed by atoms with van der Waals surface area (Å²) in [6.07, 6.45) is 2.19. The minimum absolute atomic E-state index is 0.0322.